The van der Waals surface area contributed by atoms with Crippen molar-refractivity contribution < 1.29 is 8.78 Å². The number of anilines is 1. The molecule has 4 nitrogen and oxygen atoms in total. The maximum atomic E-state index is 12.5. The van der Waals surface area contributed by atoms with Gasteiger partial charge >= 0.3 is 0 Å². The van der Waals surface area contributed by atoms with E-state index in [-0.39, 0.29) is 23.5 Å². The van der Waals surface area contributed by atoms with Crippen LogP contribution in [0.2, 0.25) is 0 Å². The van der Waals surface area contributed by atoms with Gasteiger partial charge in [-0.2, -0.15) is 10.5 Å². The number of halogens is 2. The summed E-state index contributed by atoms with van der Waals surface area (Å²) in [4.78, 5) is 3.59. The normalized spacial score (nSPS) is 9.67. The van der Waals surface area contributed by atoms with E-state index in [0.29, 0.717) is 0 Å². The molecule has 1 heterocycles. The van der Waals surface area contributed by atoms with Crippen molar-refractivity contribution in [2.45, 2.75) is 12.8 Å². The molecule has 6 heteroatoms. The third-order valence-corrected chi connectivity index (χ3v) is 1.80. The van der Waals surface area contributed by atoms with E-state index in [4.69, 9.17) is 16.3 Å². The Balaban J connectivity index is 3.38. The van der Waals surface area contributed by atoms with Crippen molar-refractivity contribution >= 4 is 5.82 Å². The quantitative estimate of drug-likeness (QED) is 0.798. The number of alkyl halides is 2. The van der Waals surface area contributed by atoms with Crippen LogP contribution in [-0.4, -0.2) is 4.98 Å². The average molecular weight is 208 g/mol. The van der Waals surface area contributed by atoms with Gasteiger partial charge in [-0.15, -0.1) is 0 Å². The smallest absolute Gasteiger partial charge is 0.264 e. The molecule has 0 unspecified atom stereocenters. The first-order chi connectivity index (χ1) is 7.10. The van der Waals surface area contributed by atoms with E-state index in [1.807, 2.05) is 0 Å². The van der Waals surface area contributed by atoms with E-state index in [2.05, 4.69) is 4.98 Å². The zero-order valence-corrected chi connectivity index (χ0v) is 7.54. The SMILES string of the molecule is N#CCc1c(C(F)F)cc(C#N)nc1N. The molecular formula is C9H6F2N4. The third-order valence-electron chi connectivity index (χ3n) is 1.80. The molecule has 0 amide bonds. The molecule has 15 heavy (non-hydrogen) atoms. The van der Waals surface area contributed by atoms with Crippen LogP contribution >= 0.6 is 0 Å². The fraction of sp³-hybridized carbons (Fsp3) is 0.222. The van der Waals surface area contributed by atoms with Gasteiger partial charge in [-0.1, -0.05) is 0 Å². The van der Waals surface area contributed by atoms with Gasteiger partial charge in [0.2, 0.25) is 0 Å². The Morgan fingerprint density at radius 3 is 2.60 bits per heavy atom. The van der Waals surface area contributed by atoms with Crippen LogP contribution in [0.15, 0.2) is 6.07 Å². The second-order valence-electron chi connectivity index (χ2n) is 2.71. The number of nitrogen functional groups attached to an aromatic ring is 1. The van der Waals surface area contributed by atoms with Crippen LogP contribution in [0.4, 0.5) is 14.6 Å². The molecule has 2 N–H and O–H groups in total. The van der Waals surface area contributed by atoms with Crippen molar-refractivity contribution in [1.29, 1.82) is 10.5 Å². The number of hydrogen-bond donors (Lipinski definition) is 1. The van der Waals surface area contributed by atoms with E-state index in [0.717, 1.165) is 6.07 Å². The van der Waals surface area contributed by atoms with E-state index >= 15 is 0 Å². The second kappa shape index (κ2) is 4.34. The monoisotopic (exact) mass is 208 g/mol. The number of nitriles is 2. The molecule has 1 aromatic heterocycles. The summed E-state index contributed by atoms with van der Waals surface area (Å²) < 4.78 is 25.1. The van der Waals surface area contributed by atoms with Crippen LogP contribution < -0.4 is 5.73 Å². The molecule has 0 radical (unpaired) electrons. The van der Waals surface area contributed by atoms with Crippen LogP contribution in [0.25, 0.3) is 0 Å². The Labute approximate surface area is 84.6 Å². The predicted octanol–water partition coefficient (Wildman–Crippen LogP) is 1.54. The molecule has 0 bridgehead atoms. The highest BCUT2D eigenvalue weighted by atomic mass is 19.3. The van der Waals surface area contributed by atoms with Gasteiger partial charge in [-0.25, -0.2) is 13.8 Å². The summed E-state index contributed by atoms with van der Waals surface area (Å²) in [5, 5.41) is 16.9. The molecule has 0 atom stereocenters. The minimum atomic E-state index is -2.77. The highest BCUT2D eigenvalue weighted by molar-refractivity contribution is 5.50. The first-order valence-electron chi connectivity index (χ1n) is 3.94. The number of hydrogen-bond acceptors (Lipinski definition) is 4. The molecular weight excluding hydrogens is 202 g/mol. The van der Waals surface area contributed by atoms with Crippen LogP contribution in [0.5, 0.6) is 0 Å². The lowest BCUT2D eigenvalue weighted by atomic mass is 10.1. The Morgan fingerprint density at radius 2 is 2.13 bits per heavy atom. The maximum absolute atomic E-state index is 12.5. The Bertz CT molecular complexity index is 456. The van der Waals surface area contributed by atoms with Gasteiger partial charge in [0.25, 0.3) is 6.43 Å². The van der Waals surface area contributed by atoms with Crippen LogP contribution in [0.3, 0.4) is 0 Å². The fourth-order valence-corrected chi connectivity index (χ4v) is 1.14. The lowest BCUT2D eigenvalue weighted by Gasteiger charge is -2.08. The number of aromatic nitrogens is 1. The highest BCUT2D eigenvalue weighted by Gasteiger charge is 2.17. The third kappa shape index (κ3) is 2.18. The average Bonchev–Trinajstić information content (AvgIpc) is 2.20. The molecule has 0 saturated carbocycles. The van der Waals surface area contributed by atoms with Crippen molar-refractivity contribution in [1.82, 2.24) is 4.98 Å². The van der Waals surface area contributed by atoms with Gasteiger partial charge in [-0.3, -0.25) is 0 Å². The lowest BCUT2D eigenvalue weighted by Crippen LogP contribution is -2.04. The zero-order chi connectivity index (χ0) is 11.4. The molecule has 0 aliphatic carbocycles. The predicted molar refractivity (Wildman–Crippen MR) is 47.6 cm³/mol. The van der Waals surface area contributed by atoms with Crippen molar-refractivity contribution in [2.75, 3.05) is 5.73 Å². The van der Waals surface area contributed by atoms with Gasteiger partial charge in [0.1, 0.15) is 17.6 Å². The number of rotatable bonds is 2. The summed E-state index contributed by atoms with van der Waals surface area (Å²) in [5.74, 6) is -0.189. The van der Waals surface area contributed by atoms with Crippen molar-refractivity contribution in [2.24, 2.45) is 0 Å². The summed E-state index contributed by atoms with van der Waals surface area (Å²) in [5.41, 5.74) is 4.79. The Kier molecular flexibility index (Phi) is 3.14. The molecule has 1 rings (SSSR count). The topological polar surface area (TPSA) is 86.5 Å². The summed E-state index contributed by atoms with van der Waals surface area (Å²) in [6.07, 6.45) is -3.02. The van der Waals surface area contributed by atoms with E-state index in [9.17, 15) is 8.78 Å². The molecule has 0 saturated heterocycles. The van der Waals surface area contributed by atoms with Gasteiger partial charge < -0.3 is 5.73 Å². The highest BCUT2D eigenvalue weighted by Crippen LogP contribution is 2.27. The molecule has 1 aromatic rings. The summed E-state index contributed by atoms with van der Waals surface area (Å²) in [6.45, 7) is 0. The Morgan fingerprint density at radius 1 is 1.47 bits per heavy atom. The van der Waals surface area contributed by atoms with E-state index < -0.39 is 12.0 Å². The van der Waals surface area contributed by atoms with Gasteiger partial charge in [0, 0.05) is 11.1 Å². The lowest BCUT2D eigenvalue weighted by molar-refractivity contribution is 0.150. The van der Waals surface area contributed by atoms with E-state index in [1.54, 1.807) is 12.1 Å². The molecule has 0 aromatic carbocycles. The maximum Gasteiger partial charge on any atom is 0.264 e. The first-order valence-corrected chi connectivity index (χ1v) is 3.94. The second-order valence-corrected chi connectivity index (χ2v) is 2.71. The molecule has 76 valence electrons. The van der Waals surface area contributed by atoms with Crippen LogP contribution in [0, 0.1) is 22.7 Å². The summed E-state index contributed by atoms with van der Waals surface area (Å²) in [6, 6.07) is 4.30. The molecule has 0 aliphatic heterocycles. The van der Waals surface area contributed by atoms with Crippen LogP contribution in [-0.2, 0) is 6.42 Å². The number of nitrogens with zero attached hydrogens (tertiary/aromatic N) is 3. The van der Waals surface area contributed by atoms with Crippen molar-refractivity contribution in [3.8, 4) is 12.1 Å². The minimum absolute atomic E-state index is 0.00787. The zero-order valence-electron chi connectivity index (χ0n) is 7.54. The van der Waals surface area contributed by atoms with Gasteiger partial charge in [-0.05, 0) is 6.07 Å². The van der Waals surface area contributed by atoms with Crippen molar-refractivity contribution in [3.63, 3.8) is 0 Å². The van der Waals surface area contributed by atoms with Crippen LogP contribution in [0.1, 0.15) is 23.2 Å². The fourth-order valence-electron chi connectivity index (χ4n) is 1.14. The molecule has 0 spiro atoms. The van der Waals surface area contributed by atoms with Crippen molar-refractivity contribution in [3.05, 3.63) is 22.9 Å². The standard InChI is InChI=1S/C9H6F2N4/c10-8(11)7-3-5(4-13)15-9(14)6(7)1-2-12/h3,8H,1H2,(H2,14,15). The molecule has 0 fully saturated rings. The summed E-state index contributed by atoms with van der Waals surface area (Å²) >= 11 is 0. The first kappa shape index (κ1) is 10.9. The number of nitrogens with two attached hydrogens (primary N) is 1. The van der Waals surface area contributed by atoms with Gasteiger partial charge in [0.15, 0.2) is 0 Å². The minimum Gasteiger partial charge on any atom is -0.383 e. The molecule has 0 aliphatic rings. The van der Waals surface area contributed by atoms with E-state index in [1.165, 1.54) is 0 Å². The Hall–Kier alpha value is -2.21. The van der Waals surface area contributed by atoms with Gasteiger partial charge in [0.05, 0.1) is 12.5 Å². The number of pyridine rings is 1. The summed E-state index contributed by atoms with van der Waals surface area (Å²) in [7, 11) is 0. The largest absolute Gasteiger partial charge is 0.383 e.